The predicted molar refractivity (Wildman–Crippen MR) is 40.2 cm³/mol. The minimum atomic E-state index is 0.424. The van der Waals surface area contributed by atoms with Crippen molar-refractivity contribution in [2.45, 2.75) is 45.1 Å². The van der Waals surface area contributed by atoms with Crippen molar-refractivity contribution >= 4 is 0 Å². The van der Waals surface area contributed by atoms with Gasteiger partial charge in [0.1, 0.15) is 0 Å². The molecule has 0 heterocycles. The highest BCUT2D eigenvalue weighted by molar-refractivity contribution is 4.70. The van der Waals surface area contributed by atoms with E-state index in [2.05, 4.69) is 6.92 Å². The average Bonchev–Trinajstić information content (AvgIpc) is 2.15. The lowest BCUT2D eigenvalue weighted by Crippen LogP contribution is -2.18. The molecule has 0 amide bonds. The lowest BCUT2D eigenvalue weighted by Gasteiger charge is -2.10. The monoisotopic (exact) mass is 127 g/mol. The Hall–Kier alpha value is -0.0400. The maximum absolute atomic E-state index is 5.67. The predicted octanol–water partition coefficient (Wildman–Crippen LogP) is 1.91. The lowest BCUT2D eigenvalue weighted by molar-refractivity contribution is 0.459. The Morgan fingerprint density at radius 3 is 2.44 bits per heavy atom. The second-order valence-electron chi connectivity index (χ2n) is 3.36. The topological polar surface area (TPSA) is 26.0 Å². The fourth-order valence-electron chi connectivity index (χ4n) is 1.77. The van der Waals surface area contributed by atoms with Crippen LogP contribution in [-0.2, 0) is 0 Å². The van der Waals surface area contributed by atoms with Gasteiger partial charge in [-0.15, -0.1) is 0 Å². The van der Waals surface area contributed by atoms with E-state index in [0.29, 0.717) is 6.04 Å². The van der Waals surface area contributed by atoms with Crippen LogP contribution >= 0.6 is 0 Å². The maximum atomic E-state index is 5.67. The van der Waals surface area contributed by atoms with Gasteiger partial charge >= 0.3 is 0 Å². The number of rotatable bonds is 2. The minimum absolute atomic E-state index is 0.424. The van der Waals surface area contributed by atoms with Crippen LogP contribution in [0.5, 0.6) is 0 Å². The second-order valence-corrected chi connectivity index (χ2v) is 3.36. The van der Waals surface area contributed by atoms with Crippen LogP contribution in [0.3, 0.4) is 0 Å². The molecule has 0 aromatic heterocycles. The molecule has 0 aromatic rings. The molecule has 0 saturated heterocycles. The van der Waals surface area contributed by atoms with Crippen molar-refractivity contribution in [3.05, 3.63) is 0 Å². The Morgan fingerprint density at radius 2 is 2.00 bits per heavy atom. The summed E-state index contributed by atoms with van der Waals surface area (Å²) in [6.07, 6.45) is 7.00. The molecule has 0 bridgehead atoms. The molecule has 1 saturated carbocycles. The highest BCUT2D eigenvalue weighted by atomic mass is 14.6. The molecule has 1 atom stereocenters. The van der Waals surface area contributed by atoms with Gasteiger partial charge in [0.25, 0.3) is 0 Å². The van der Waals surface area contributed by atoms with Gasteiger partial charge in [0.15, 0.2) is 0 Å². The first-order valence-electron chi connectivity index (χ1n) is 4.04. The summed E-state index contributed by atoms with van der Waals surface area (Å²) in [7, 11) is 0. The molecule has 0 aliphatic heterocycles. The third-order valence-electron chi connectivity index (χ3n) is 2.18. The first-order valence-corrected chi connectivity index (χ1v) is 4.04. The molecule has 1 aliphatic carbocycles. The number of hydrogen-bond acceptors (Lipinski definition) is 1. The summed E-state index contributed by atoms with van der Waals surface area (Å²) >= 11 is 0. The molecule has 1 rings (SSSR count). The van der Waals surface area contributed by atoms with E-state index >= 15 is 0 Å². The second kappa shape index (κ2) is 3.21. The summed E-state index contributed by atoms with van der Waals surface area (Å²) in [5.74, 6) is 0.963. The van der Waals surface area contributed by atoms with Crippen molar-refractivity contribution in [3.63, 3.8) is 0 Å². The van der Waals surface area contributed by atoms with Gasteiger partial charge in [0.05, 0.1) is 0 Å². The molecule has 1 aliphatic rings. The van der Waals surface area contributed by atoms with Crippen molar-refractivity contribution in [1.29, 1.82) is 0 Å². The van der Waals surface area contributed by atoms with Gasteiger partial charge < -0.3 is 5.73 Å². The van der Waals surface area contributed by atoms with Crippen molar-refractivity contribution in [2.24, 2.45) is 11.7 Å². The van der Waals surface area contributed by atoms with E-state index in [1.54, 1.807) is 0 Å². The molecule has 0 aromatic carbocycles. The van der Waals surface area contributed by atoms with Crippen LogP contribution in [0.4, 0.5) is 0 Å². The fraction of sp³-hybridized carbons (Fsp3) is 1.00. The van der Waals surface area contributed by atoms with Crippen LogP contribution in [0.2, 0.25) is 0 Å². The molecule has 1 fully saturated rings. The fourth-order valence-corrected chi connectivity index (χ4v) is 1.77. The quantitative estimate of drug-likeness (QED) is 0.602. The Balaban J connectivity index is 2.11. The van der Waals surface area contributed by atoms with Crippen LogP contribution < -0.4 is 5.73 Å². The molecule has 1 heteroatoms. The number of nitrogens with two attached hydrogens (primary N) is 1. The molecule has 9 heavy (non-hydrogen) atoms. The smallest absolute Gasteiger partial charge is 0.00131 e. The summed E-state index contributed by atoms with van der Waals surface area (Å²) in [6.45, 7) is 2.11. The summed E-state index contributed by atoms with van der Waals surface area (Å²) in [5.41, 5.74) is 5.67. The summed E-state index contributed by atoms with van der Waals surface area (Å²) in [5, 5.41) is 0. The van der Waals surface area contributed by atoms with E-state index in [-0.39, 0.29) is 0 Å². The SMILES string of the molecule is C[C@@H](N)CC1CCCC1. The molecular formula is C8H17N. The van der Waals surface area contributed by atoms with E-state index in [1.807, 2.05) is 0 Å². The van der Waals surface area contributed by atoms with Crippen molar-refractivity contribution < 1.29 is 0 Å². The first-order chi connectivity index (χ1) is 4.29. The highest BCUT2D eigenvalue weighted by Gasteiger charge is 2.15. The molecule has 0 unspecified atom stereocenters. The zero-order valence-electron chi connectivity index (χ0n) is 6.27. The van der Waals surface area contributed by atoms with Crippen LogP contribution in [0.1, 0.15) is 39.0 Å². The normalized spacial score (nSPS) is 24.7. The van der Waals surface area contributed by atoms with Gasteiger partial charge in [0.2, 0.25) is 0 Å². The third-order valence-corrected chi connectivity index (χ3v) is 2.18. The standard InChI is InChI=1S/C8H17N/c1-7(9)6-8-4-2-3-5-8/h7-8H,2-6,9H2,1H3/t7-/m1/s1. The Bertz CT molecular complexity index is 72.6. The van der Waals surface area contributed by atoms with Gasteiger partial charge in [-0.2, -0.15) is 0 Å². The third kappa shape index (κ3) is 2.35. The van der Waals surface area contributed by atoms with E-state index in [4.69, 9.17) is 5.73 Å². The molecular weight excluding hydrogens is 110 g/mol. The zero-order valence-corrected chi connectivity index (χ0v) is 6.27. The van der Waals surface area contributed by atoms with E-state index in [1.165, 1.54) is 32.1 Å². The Morgan fingerprint density at radius 1 is 1.44 bits per heavy atom. The van der Waals surface area contributed by atoms with Crippen molar-refractivity contribution in [2.75, 3.05) is 0 Å². The van der Waals surface area contributed by atoms with Gasteiger partial charge in [-0.25, -0.2) is 0 Å². The Labute approximate surface area is 57.6 Å². The minimum Gasteiger partial charge on any atom is -0.328 e. The van der Waals surface area contributed by atoms with E-state index in [0.717, 1.165) is 5.92 Å². The first kappa shape index (κ1) is 7.07. The van der Waals surface area contributed by atoms with Crippen molar-refractivity contribution in [3.8, 4) is 0 Å². The van der Waals surface area contributed by atoms with Crippen LogP contribution in [0.25, 0.3) is 0 Å². The van der Waals surface area contributed by atoms with Crippen LogP contribution in [0.15, 0.2) is 0 Å². The summed E-state index contributed by atoms with van der Waals surface area (Å²) in [4.78, 5) is 0. The summed E-state index contributed by atoms with van der Waals surface area (Å²) < 4.78 is 0. The summed E-state index contributed by atoms with van der Waals surface area (Å²) in [6, 6.07) is 0.424. The van der Waals surface area contributed by atoms with Crippen LogP contribution in [-0.4, -0.2) is 6.04 Å². The average molecular weight is 127 g/mol. The molecule has 54 valence electrons. The molecule has 0 radical (unpaired) electrons. The van der Waals surface area contributed by atoms with E-state index < -0.39 is 0 Å². The largest absolute Gasteiger partial charge is 0.328 e. The lowest BCUT2D eigenvalue weighted by atomic mass is 10.0. The maximum Gasteiger partial charge on any atom is 0.00131 e. The molecule has 1 nitrogen and oxygen atoms in total. The Kier molecular flexibility index (Phi) is 2.52. The highest BCUT2D eigenvalue weighted by Crippen LogP contribution is 2.27. The molecule has 2 N–H and O–H groups in total. The van der Waals surface area contributed by atoms with Gasteiger partial charge in [-0.05, 0) is 19.3 Å². The zero-order chi connectivity index (χ0) is 6.69. The number of hydrogen-bond donors (Lipinski definition) is 1. The van der Waals surface area contributed by atoms with Crippen molar-refractivity contribution in [1.82, 2.24) is 0 Å². The van der Waals surface area contributed by atoms with Crippen LogP contribution in [0, 0.1) is 5.92 Å². The van der Waals surface area contributed by atoms with Gasteiger partial charge in [0, 0.05) is 6.04 Å². The van der Waals surface area contributed by atoms with Gasteiger partial charge in [-0.3, -0.25) is 0 Å². The van der Waals surface area contributed by atoms with Gasteiger partial charge in [-0.1, -0.05) is 25.7 Å². The van der Waals surface area contributed by atoms with E-state index in [9.17, 15) is 0 Å². The molecule has 0 spiro atoms.